The molecule has 0 saturated heterocycles. The summed E-state index contributed by atoms with van der Waals surface area (Å²) in [5.74, 6) is 0.692. The smallest absolute Gasteiger partial charge is 0.122 e. The molecule has 0 spiro atoms. The van der Waals surface area contributed by atoms with Gasteiger partial charge >= 0.3 is 0 Å². The zero-order valence-corrected chi connectivity index (χ0v) is 33.0. The first-order valence-electron chi connectivity index (χ1n) is 17.3. The van der Waals surface area contributed by atoms with E-state index in [-0.39, 0.29) is 21.7 Å². The van der Waals surface area contributed by atoms with Crippen LogP contribution in [0.25, 0.3) is 0 Å². The lowest BCUT2D eigenvalue weighted by Crippen LogP contribution is -2.16. The fourth-order valence-corrected chi connectivity index (χ4v) is 7.25. The number of fused-ring (bicyclic) bond motifs is 8. The van der Waals surface area contributed by atoms with Gasteiger partial charge in [-0.3, -0.25) is 0 Å². The molecule has 2 nitrogen and oxygen atoms in total. The van der Waals surface area contributed by atoms with Crippen molar-refractivity contribution in [1.82, 2.24) is 0 Å². The van der Waals surface area contributed by atoms with Gasteiger partial charge in [-0.25, -0.2) is 0 Å². The van der Waals surface area contributed by atoms with Crippen molar-refractivity contribution in [2.45, 2.75) is 140 Å². The van der Waals surface area contributed by atoms with Gasteiger partial charge < -0.3 is 10.2 Å². The predicted octanol–water partition coefficient (Wildman–Crippen LogP) is 11.5. The highest BCUT2D eigenvalue weighted by atomic mass is 32.1. The van der Waals surface area contributed by atoms with Crippen molar-refractivity contribution in [3.8, 4) is 11.5 Å². The number of rotatable bonds is 0. The van der Waals surface area contributed by atoms with Gasteiger partial charge in [0.2, 0.25) is 0 Å². The molecule has 0 fully saturated rings. The van der Waals surface area contributed by atoms with Crippen LogP contribution in [0.4, 0.5) is 0 Å². The number of aromatic hydroxyl groups is 2. The van der Waals surface area contributed by atoms with Gasteiger partial charge in [-0.2, -0.15) is 0 Å². The Morgan fingerprint density at radius 1 is 0.354 bits per heavy atom. The zero-order valence-electron chi connectivity index (χ0n) is 31.2. The molecule has 4 heteroatoms. The van der Waals surface area contributed by atoms with E-state index in [0.29, 0.717) is 37.2 Å². The molecule has 8 bridgehead atoms. The molecule has 1 aliphatic carbocycles. The van der Waals surface area contributed by atoms with Crippen molar-refractivity contribution < 1.29 is 10.2 Å². The Morgan fingerprint density at radius 3 is 0.688 bits per heavy atom. The van der Waals surface area contributed by atoms with Crippen molar-refractivity contribution in [1.29, 1.82) is 0 Å². The highest BCUT2D eigenvalue weighted by Gasteiger charge is 2.26. The molecule has 4 aromatic carbocycles. The molecule has 48 heavy (non-hydrogen) atoms. The third-order valence-corrected chi connectivity index (χ3v) is 11.2. The van der Waals surface area contributed by atoms with E-state index in [4.69, 9.17) is 25.3 Å². The van der Waals surface area contributed by atoms with Gasteiger partial charge in [0.25, 0.3) is 0 Å². The van der Waals surface area contributed by atoms with E-state index < -0.39 is 0 Å². The fourth-order valence-electron chi connectivity index (χ4n) is 6.67. The van der Waals surface area contributed by atoms with Crippen LogP contribution in [0.3, 0.4) is 0 Å². The summed E-state index contributed by atoms with van der Waals surface area (Å²) < 4.78 is 0. The van der Waals surface area contributed by atoms with Gasteiger partial charge in [0.05, 0.1) is 0 Å². The Hall–Kier alpha value is -2.82. The summed E-state index contributed by atoms with van der Waals surface area (Å²) >= 11 is 10.4. The second-order valence-corrected chi connectivity index (χ2v) is 19.2. The highest BCUT2D eigenvalue weighted by Crippen LogP contribution is 2.41. The molecule has 256 valence electrons. The number of phenols is 2. The summed E-state index contributed by atoms with van der Waals surface area (Å²) in [6.07, 6.45) is 2.22. The molecule has 0 aromatic heterocycles. The molecule has 4 aromatic rings. The first-order chi connectivity index (χ1) is 21.9. The molecular formula is C44H56O2S2. The van der Waals surface area contributed by atoms with Crippen LogP contribution in [-0.4, -0.2) is 10.2 Å². The van der Waals surface area contributed by atoms with Gasteiger partial charge in [-0.15, -0.1) is 25.3 Å². The maximum atomic E-state index is 12.0. The Labute approximate surface area is 301 Å². The summed E-state index contributed by atoms with van der Waals surface area (Å²) in [7, 11) is 0. The average molecular weight is 681 g/mol. The summed E-state index contributed by atoms with van der Waals surface area (Å²) in [5.41, 5.74) is 12.4. The molecule has 0 atom stereocenters. The number of hydrogen-bond donors (Lipinski definition) is 4. The largest absolute Gasteiger partial charge is 0.507 e. The second kappa shape index (κ2) is 12.5. The molecule has 2 N–H and O–H groups in total. The topological polar surface area (TPSA) is 40.5 Å². The second-order valence-electron chi connectivity index (χ2n) is 18.3. The molecule has 0 aliphatic heterocycles. The van der Waals surface area contributed by atoms with Crippen LogP contribution < -0.4 is 0 Å². The predicted molar refractivity (Wildman–Crippen MR) is 210 cm³/mol. The lowest BCUT2D eigenvalue weighted by atomic mass is 9.79. The average Bonchev–Trinajstić information content (AvgIpc) is 2.93. The minimum Gasteiger partial charge on any atom is -0.507 e. The maximum Gasteiger partial charge on any atom is 0.122 e. The minimum atomic E-state index is -0.104. The summed E-state index contributed by atoms with van der Waals surface area (Å²) in [5, 5.41) is 24.0. The van der Waals surface area contributed by atoms with Crippen LogP contribution in [0.1, 0.15) is 150 Å². The van der Waals surface area contributed by atoms with Crippen LogP contribution in [-0.2, 0) is 47.3 Å². The Bertz CT molecular complexity index is 1520. The van der Waals surface area contributed by atoms with Crippen LogP contribution in [0.2, 0.25) is 0 Å². The van der Waals surface area contributed by atoms with E-state index in [9.17, 15) is 10.2 Å². The van der Waals surface area contributed by atoms with E-state index in [1.54, 1.807) is 0 Å². The van der Waals surface area contributed by atoms with Crippen molar-refractivity contribution in [3.63, 3.8) is 0 Å². The van der Waals surface area contributed by atoms with Crippen LogP contribution in [0.5, 0.6) is 11.5 Å². The van der Waals surface area contributed by atoms with Gasteiger partial charge in [-0.1, -0.05) is 132 Å². The van der Waals surface area contributed by atoms with Gasteiger partial charge in [0.15, 0.2) is 0 Å². The van der Waals surface area contributed by atoms with E-state index in [1.165, 1.54) is 22.3 Å². The highest BCUT2D eigenvalue weighted by molar-refractivity contribution is 7.80. The zero-order chi connectivity index (χ0) is 35.7. The van der Waals surface area contributed by atoms with Crippen molar-refractivity contribution in [2.75, 3.05) is 0 Å². The number of hydrogen-bond acceptors (Lipinski definition) is 4. The third-order valence-electron chi connectivity index (χ3n) is 10.1. The quantitative estimate of drug-likeness (QED) is 0.123. The molecule has 5 rings (SSSR count). The minimum absolute atomic E-state index is 0.0940. The number of thiol groups is 2. The Balaban J connectivity index is 1.89. The van der Waals surface area contributed by atoms with E-state index >= 15 is 0 Å². The van der Waals surface area contributed by atoms with E-state index in [0.717, 1.165) is 54.3 Å². The molecule has 1 aliphatic rings. The molecular weight excluding hydrogens is 625 g/mol. The lowest BCUT2D eigenvalue weighted by molar-refractivity contribution is 0.461. The van der Waals surface area contributed by atoms with Crippen LogP contribution in [0.15, 0.2) is 58.3 Å². The van der Waals surface area contributed by atoms with Crippen molar-refractivity contribution in [3.05, 3.63) is 115 Å². The number of benzene rings is 4. The first-order valence-corrected chi connectivity index (χ1v) is 18.2. The van der Waals surface area contributed by atoms with Gasteiger partial charge in [0, 0.05) is 35.5 Å². The van der Waals surface area contributed by atoms with Crippen molar-refractivity contribution >= 4 is 25.3 Å². The SMILES string of the molecule is CC(C)(C)c1cc2c(O)c(c1)Cc1cc(C(C)(C)C)cc(c1S)Cc1cc(C(C)(C)C)cc(c1O)Cc1cc(C(C)(C)C)cc(c1S)C2. The summed E-state index contributed by atoms with van der Waals surface area (Å²) in [6, 6.07) is 17.8. The normalized spacial score (nSPS) is 14.3. The lowest BCUT2D eigenvalue weighted by Gasteiger charge is -2.27. The first kappa shape index (κ1) is 36.5. The molecule has 0 saturated carbocycles. The molecule has 0 heterocycles. The van der Waals surface area contributed by atoms with Crippen LogP contribution in [0, 0.1) is 0 Å². The van der Waals surface area contributed by atoms with E-state index in [1.807, 2.05) is 0 Å². The Morgan fingerprint density at radius 2 is 0.521 bits per heavy atom. The Kier molecular flexibility index (Phi) is 9.49. The van der Waals surface area contributed by atoms with E-state index in [2.05, 4.69) is 132 Å². The monoisotopic (exact) mass is 680 g/mol. The standard InChI is InChI=1S/C44H56O2S2/c1-41(2,3)33-17-25-13-29-21-35(43(7,8)9)23-31(39(29)47)15-27-19-34(42(4,5)6)20-28(38(27)46)16-32-24-36(44(10,11)12)22-30(40(32)48)14-26(18-33)37(25)45/h17-24,45-48H,13-16H2,1-12H3. The third kappa shape index (κ3) is 7.50. The molecule has 0 amide bonds. The fraction of sp³-hybridized carbons (Fsp3) is 0.455. The van der Waals surface area contributed by atoms with Crippen LogP contribution >= 0.6 is 25.3 Å². The van der Waals surface area contributed by atoms with Gasteiger partial charge in [-0.05, 0) is 88.4 Å². The molecule has 0 radical (unpaired) electrons. The summed E-state index contributed by atoms with van der Waals surface area (Å²) in [6.45, 7) is 26.8. The maximum absolute atomic E-state index is 12.0. The van der Waals surface area contributed by atoms with Gasteiger partial charge in [0.1, 0.15) is 11.5 Å². The van der Waals surface area contributed by atoms with Crippen molar-refractivity contribution in [2.24, 2.45) is 0 Å². The number of phenolic OH excluding ortho intramolecular Hbond substituents is 2. The molecule has 0 unspecified atom stereocenters. The summed E-state index contributed by atoms with van der Waals surface area (Å²) in [4.78, 5) is 1.83.